The van der Waals surface area contributed by atoms with Crippen LogP contribution in [0.3, 0.4) is 0 Å². The van der Waals surface area contributed by atoms with Gasteiger partial charge in [0.1, 0.15) is 0 Å². The van der Waals surface area contributed by atoms with E-state index in [4.69, 9.17) is 4.74 Å². The molecule has 25 heavy (non-hydrogen) atoms. The Labute approximate surface area is 143 Å². The molecule has 0 unspecified atom stereocenters. The molecule has 1 heterocycles. The smallest absolute Gasteiger partial charge is 0.296 e. The number of aromatic amines is 1. The molecule has 128 valence electrons. The summed E-state index contributed by atoms with van der Waals surface area (Å²) in [4.78, 5) is 27.9. The number of ketones is 1. The molecular weight excluding hydrogens is 323 g/mol. The molecule has 5 nitrogen and oxygen atoms in total. The van der Waals surface area contributed by atoms with Gasteiger partial charge in [-0.1, -0.05) is 18.2 Å². The van der Waals surface area contributed by atoms with Crippen LogP contribution >= 0.6 is 0 Å². The molecule has 0 fully saturated rings. The molecule has 1 amide bonds. The molecule has 2 N–H and O–H groups in total. The number of para-hydroxylation sites is 1. The number of H-pyrrole nitrogens is 1. The largest absolute Gasteiger partial charge is 0.491 e. The van der Waals surface area contributed by atoms with Crippen molar-refractivity contribution in [2.75, 3.05) is 11.9 Å². The number of aromatic nitrogens is 1. The summed E-state index contributed by atoms with van der Waals surface area (Å²) in [5, 5.41) is 3.11. The number of carbonyl (C=O) groups is 2. The van der Waals surface area contributed by atoms with E-state index in [0.29, 0.717) is 23.3 Å². The number of aryl methyl sites for hydroxylation is 1. The molecule has 0 saturated carbocycles. The highest BCUT2D eigenvalue weighted by atomic mass is 19.1. The molecule has 0 atom stereocenters. The number of ether oxygens (including phenoxy) is 1. The Balaban J connectivity index is 1.84. The molecule has 0 aliphatic heterocycles. The van der Waals surface area contributed by atoms with Crippen molar-refractivity contribution in [3.8, 4) is 5.75 Å². The first-order chi connectivity index (χ1) is 12.0. The number of hydrogen-bond acceptors (Lipinski definition) is 3. The van der Waals surface area contributed by atoms with Crippen molar-refractivity contribution < 1.29 is 18.7 Å². The quantitative estimate of drug-likeness (QED) is 0.548. The summed E-state index contributed by atoms with van der Waals surface area (Å²) < 4.78 is 19.0. The monoisotopic (exact) mass is 340 g/mol. The van der Waals surface area contributed by atoms with Gasteiger partial charge >= 0.3 is 0 Å². The van der Waals surface area contributed by atoms with Gasteiger partial charge < -0.3 is 15.0 Å². The lowest BCUT2D eigenvalue weighted by Gasteiger charge is -2.08. The summed E-state index contributed by atoms with van der Waals surface area (Å²) in [6.07, 6.45) is 0. The lowest BCUT2D eigenvalue weighted by Crippen LogP contribution is -2.23. The van der Waals surface area contributed by atoms with E-state index < -0.39 is 17.5 Å². The fourth-order valence-electron chi connectivity index (χ4n) is 2.72. The van der Waals surface area contributed by atoms with Gasteiger partial charge in [-0.15, -0.1) is 0 Å². The lowest BCUT2D eigenvalue weighted by atomic mass is 10.1. The van der Waals surface area contributed by atoms with Gasteiger partial charge in [0.25, 0.3) is 11.7 Å². The van der Waals surface area contributed by atoms with Crippen molar-refractivity contribution in [2.24, 2.45) is 0 Å². The van der Waals surface area contributed by atoms with Gasteiger partial charge in [-0.25, -0.2) is 4.39 Å². The van der Waals surface area contributed by atoms with Crippen LogP contribution in [0.25, 0.3) is 10.9 Å². The average Bonchev–Trinajstić information content (AvgIpc) is 2.92. The second-order valence-electron chi connectivity index (χ2n) is 5.53. The Kier molecular flexibility index (Phi) is 4.52. The van der Waals surface area contributed by atoms with Crippen molar-refractivity contribution in [2.45, 2.75) is 13.8 Å². The van der Waals surface area contributed by atoms with E-state index >= 15 is 0 Å². The Hall–Kier alpha value is -3.15. The SMILES string of the molecule is CCOc1ccc(NC(=O)C(=O)c2c(C)[nH]c3ccccc23)cc1F. The van der Waals surface area contributed by atoms with Gasteiger partial charge in [0.2, 0.25) is 0 Å². The third-order valence-corrected chi connectivity index (χ3v) is 3.82. The molecule has 0 bridgehead atoms. The van der Waals surface area contributed by atoms with Crippen molar-refractivity contribution in [3.05, 3.63) is 59.5 Å². The molecule has 0 spiro atoms. The number of amides is 1. The van der Waals surface area contributed by atoms with E-state index in [-0.39, 0.29) is 11.4 Å². The van der Waals surface area contributed by atoms with E-state index in [1.54, 1.807) is 26.0 Å². The van der Waals surface area contributed by atoms with Gasteiger partial charge in [0.05, 0.1) is 12.2 Å². The maximum absolute atomic E-state index is 13.9. The molecule has 0 aliphatic carbocycles. The third kappa shape index (κ3) is 3.24. The minimum atomic E-state index is -0.823. The molecule has 2 aromatic carbocycles. The molecule has 6 heteroatoms. The van der Waals surface area contributed by atoms with Crippen LogP contribution in [0.5, 0.6) is 5.75 Å². The zero-order chi connectivity index (χ0) is 18.0. The van der Waals surface area contributed by atoms with Gasteiger partial charge in [-0.3, -0.25) is 9.59 Å². The summed E-state index contributed by atoms with van der Waals surface area (Å²) in [5.74, 6) is -2.00. The lowest BCUT2D eigenvalue weighted by molar-refractivity contribution is -0.112. The summed E-state index contributed by atoms with van der Waals surface area (Å²) in [6, 6.07) is 11.3. The van der Waals surface area contributed by atoms with Gasteiger partial charge in [0.15, 0.2) is 11.6 Å². The van der Waals surface area contributed by atoms with Crippen molar-refractivity contribution in [1.82, 2.24) is 4.98 Å². The predicted octanol–water partition coefficient (Wildman–Crippen LogP) is 3.84. The maximum Gasteiger partial charge on any atom is 0.296 e. The number of nitrogens with one attached hydrogen (secondary N) is 2. The van der Waals surface area contributed by atoms with Crippen LogP contribution in [0.2, 0.25) is 0 Å². The first-order valence-corrected chi connectivity index (χ1v) is 7.86. The van der Waals surface area contributed by atoms with E-state index in [1.165, 1.54) is 12.1 Å². The van der Waals surface area contributed by atoms with Gasteiger partial charge in [-0.05, 0) is 32.0 Å². The van der Waals surface area contributed by atoms with Gasteiger partial charge in [0, 0.05) is 28.4 Å². The van der Waals surface area contributed by atoms with Crippen LogP contribution in [0.1, 0.15) is 23.0 Å². The van der Waals surface area contributed by atoms with Crippen molar-refractivity contribution >= 4 is 28.3 Å². The summed E-state index contributed by atoms with van der Waals surface area (Å²) >= 11 is 0. The summed E-state index contributed by atoms with van der Waals surface area (Å²) in [6.45, 7) is 3.81. The summed E-state index contributed by atoms with van der Waals surface area (Å²) in [5.41, 5.74) is 1.90. The fraction of sp³-hybridized carbons (Fsp3) is 0.158. The number of fused-ring (bicyclic) bond motifs is 1. The van der Waals surface area contributed by atoms with Crippen LogP contribution in [0.4, 0.5) is 10.1 Å². The second-order valence-corrected chi connectivity index (χ2v) is 5.53. The first kappa shape index (κ1) is 16.7. The van der Waals surface area contributed by atoms with Crippen LogP contribution < -0.4 is 10.1 Å². The fourth-order valence-corrected chi connectivity index (χ4v) is 2.72. The second kappa shape index (κ2) is 6.76. The van der Waals surface area contributed by atoms with Crippen LogP contribution in [0, 0.1) is 12.7 Å². The highest BCUT2D eigenvalue weighted by Crippen LogP contribution is 2.24. The normalized spacial score (nSPS) is 10.7. The number of benzene rings is 2. The van der Waals surface area contributed by atoms with E-state index in [1.807, 2.05) is 12.1 Å². The number of hydrogen-bond donors (Lipinski definition) is 2. The number of Topliss-reactive ketones (excluding diaryl/α,β-unsaturated/α-hetero) is 1. The van der Waals surface area contributed by atoms with Gasteiger partial charge in [-0.2, -0.15) is 0 Å². The minimum absolute atomic E-state index is 0.0966. The number of anilines is 1. The van der Waals surface area contributed by atoms with Crippen LogP contribution in [-0.2, 0) is 4.79 Å². The number of rotatable bonds is 5. The van der Waals surface area contributed by atoms with E-state index in [2.05, 4.69) is 10.3 Å². The number of halogens is 1. The van der Waals surface area contributed by atoms with Crippen molar-refractivity contribution in [1.29, 1.82) is 0 Å². The topological polar surface area (TPSA) is 71.2 Å². The highest BCUT2D eigenvalue weighted by Gasteiger charge is 2.23. The van der Waals surface area contributed by atoms with E-state index in [0.717, 1.165) is 11.6 Å². The molecule has 3 rings (SSSR count). The minimum Gasteiger partial charge on any atom is -0.491 e. The molecule has 0 saturated heterocycles. The third-order valence-electron chi connectivity index (χ3n) is 3.82. The number of carbonyl (C=O) groups excluding carboxylic acids is 2. The molecule has 0 radical (unpaired) electrons. The summed E-state index contributed by atoms with van der Waals surface area (Å²) in [7, 11) is 0. The standard InChI is InChI=1S/C19H17FN2O3/c1-3-25-16-9-8-12(10-14(16)20)22-19(24)18(23)17-11(2)21-15-7-5-4-6-13(15)17/h4-10,21H,3H2,1-2H3,(H,22,24). The van der Waals surface area contributed by atoms with Crippen LogP contribution in [0.15, 0.2) is 42.5 Å². The zero-order valence-electron chi connectivity index (χ0n) is 13.9. The molecule has 3 aromatic rings. The molecule has 0 aliphatic rings. The Morgan fingerprint density at radius 3 is 2.68 bits per heavy atom. The molecule has 1 aromatic heterocycles. The Morgan fingerprint density at radius 1 is 1.20 bits per heavy atom. The van der Waals surface area contributed by atoms with Crippen LogP contribution in [-0.4, -0.2) is 23.3 Å². The zero-order valence-corrected chi connectivity index (χ0v) is 13.9. The Bertz CT molecular complexity index is 962. The first-order valence-electron chi connectivity index (χ1n) is 7.86. The average molecular weight is 340 g/mol. The maximum atomic E-state index is 13.9. The highest BCUT2D eigenvalue weighted by molar-refractivity contribution is 6.48. The Morgan fingerprint density at radius 2 is 1.96 bits per heavy atom. The van der Waals surface area contributed by atoms with Crippen molar-refractivity contribution in [3.63, 3.8) is 0 Å². The molecular formula is C19H17FN2O3. The predicted molar refractivity (Wildman–Crippen MR) is 93.6 cm³/mol. The van der Waals surface area contributed by atoms with E-state index in [9.17, 15) is 14.0 Å².